The summed E-state index contributed by atoms with van der Waals surface area (Å²) >= 11 is 1.56. The van der Waals surface area contributed by atoms with Crippen molar-refractivity contribution in [2.45, 2.75) is 26.4 Å². The van der Waals surface area contributed by atoms with Gasteiger partial charge < -0.3 is 13.7 Å². The SMILES string of the molecule is Cc1oc(-c2cccs2)nc1CC(=O)N(Cc1ccccc1)Cc1ccco1. The van der Waals surface area contributed by atoms with Crippen LogP contribution < -0.4 is 0 Å². The van der Waals surface area contributed by atoms with Crippen LogP contribution in [0.3, 0.4) is 0 Å². The third-order valence-electron chi connectivity index (χ3n) is 4.44. The maximum atomic E-state index is 13.1. The first-order chi connectivity index (χ1) is 13.7. The lowest BCUT2D eigenvalue weighted by molar-refractivity contribution is -0.132. The maximum absolute atomic E-state index is 13.1. The van der Waals surface area contributed by atoms with Crippen molar-refractivity contribution in [3.05, 3.63) is 89.0 Å². The number of carbonyl (C=O) groups excluding carboxylic acids is 1. The highest BCUT2D eigenvalue weighted by atomic mass is 32.1. The Morgan fingerprint density at radius 1 is 1.07 bits per heavy atom. The van der Waals surface area contributed by atoms with Crippen molar-refractivity contribution in [3.8, 4) is 10.8 Å². The van der Waals surface area contributed by atoms with Crippen LogP contribution in [0.15, 0.2) is 75.1 Å². The Morgan fingerprint density at radius 2 is 1.93 bits per heavy atom. The Kier molecular flexibility index (Phi) is 5.39. The minimum Gasteiger partial charge on any atom is -0.467 e. The molecular weight excluding hydrogens is 372 g/mol. The molecule has 3 aromatic heterocycles. The average molecular weight is 392 g/mol. The lowest BCUT2D eigenvalue weighted by atomic mass is 10.2. The molecule has 0 fully saturated rings. The van der Waals surface area contributed by atoms with Gasteiger partial charge in [0.15, 0.2) is 0 Å². The van der Waals surface area contributed by atoms with Crippen LogP contribution in [0, 0.1) is 6.92 Å². The zero-order chi connectivity index (χ0) is 19.3. The van der Waals surface area contributed by atoms with E-state index < -0.39 is 0 Å². The van der Waals surface area contributed by atoms with Crippen molar-refractivity contribution in [3.63, 3.8) is 0 Å². The van der Waals surface area contributed by atoms with Crippen LogP contribution in [0.1, 0.15) is 22.8 Å². The van der Waals surface area contributed by atoms with Gasteiger partial charge in [-0.3, -0.25) is 4.79 Å². The molecule has 0 bridgehead atoms. The van der Waals surface area contributed by atoms with Crippen LogP contribution in [-0.2, 0) is 24.3 Å². The van der Waals surface area contributed by atoms with Crippen LogP contribution in [0.2, 0.25) is 0 Å². The lowest BCUT2D eigenvalue weighted by Crippen LogP contribution is -2.31. The molecule has 1 amide bonds. The van der Waals surface area contributed by atoms with Gasteiger partial charge in [0.1, 0.15) is 11.5 Å². The summed E-state index contributed by atoms with van der Waals surface area (Å²) in [6.45, 7) is 2.77. The number of hydrogen-bond donors (Lipinski definition) is 0. The van der Waals surface area contributed by atoms with Crippen molar-refractivity contribution in [1.29, 1.82) is 0 Å². The molecule has 0 aliphatic heterocycles. The van der Waals surface area contributed by atoms with Gasteiger partial charge in [-0.1, -0.05) is 36.4 Å². The largest absolute Gasteiger partial charge is 0.467 e. The molecule has 5 nitrogen and oxygen atoms in total. The first kappa shape index (κ1) is 18.3. The van der Waals surface area contributed by atoms with Crippen LogP contribution >= 0.6 is 11.3 Å². The fourth-order valence-electron chi connectivity index (χ4n) is 2.98. The molecule has 0 saturated carbocycles. The second-order valence-corrected chi connectivity index (χ2v) is 7.44. The number of benzene rings is 1. The van der Waals surface area contributed by atoms with E-state index >= 15 is 0 Å². The van der Waals surface area contributed by atoms with Crippen LogP contribution in [-0.4, -0.2) is 15.8 Å². The molecule has 0 aliphatic carbocycles. The number of amides is 1. The summed E-state index contributed by atoms with van der Waals surface area (Å²) in [7, 11) is 0. The number of aryl methyl sites for hydroxylation is 1. The Balaban J connectivity index is 1.53. The first-order valence-corrected chi connectivity index (χ1v) is 9.91. The van der Waals surface area contributed by atoms with E-state index in [1.54, 1.807) is 22.5 Å². The predicted octanol–water partition coefficient (Wildman–Crippen LogP) is 5.08. The Morgan fingerprint density at radius 3 is 2.64 bits per heavy atom. The second-order valence-electron chi connectivity index (χ2n) is 6.49. The molecule has 4 aromatic rings. The van der Waals surface area contributed by atoms with Crippen molar-refractivity contribution in [2.75, 3.05) is 0 Å². The average Bonchev–Trinajstić information content (AvgIpc) is 3.45. The van der Waals surface area contributed by atoms with Crippen molar-refractivity contribution < 1.29 is 13.6 Å². The van der Waals surface area contributed by atoms with Crippen LogP contribution in [0.4, 0.5) is 0 Å². The third-order valence-corrected chi connectivity index (χ3v) is 5.30. The summed E-state index contributed by atoms with van der Waals surface area (Å²) in [5, 5.41) is 1.98. The molecule has 0 saturated heterocycles. The van der Waals surface area contributed by atoms with E-state index in [1.807, 2.05) is 66.9 Å². The minimum absolute atomic E-state index is 0.0191. The third kappa shape index (κ3) is 4.23. The molecule has 0 spiro atoms. The van der Waals surface area contributed by atoms with Crippen molar-refractivity contribution >= 4 is 17.2 Å². The normalized spacial score (nSPS) is 10.9. The lowest BCUT2D eigenvalue weighted by Gasteiger charge is -2.21. The Bertz CT molecular complexity index is 1020. The number of hydrogen-bond acceptors (Lipinski definition) is 5. The smallest absolute Gasteiger partial charge is 0.236 e. The molecule has 6 heteroatoms. The molecule has 0 aliphatic rings. The molecule has 0 N–H and O–H groups in total. The van der Waals surface area contributed by atoms with E-state index in [9.17, 15) is 4.79 Å². The minimum atomic E-state index is -0.0191. The zero-order valence-electron chi connectivity index (χ0n) is 15.5. The summed E-state index contributed by atoms with van der Waals surface area (Å²) in [5.41, 5.74) is 1.74. The molecule has 3 heterocycles. The Labute approximate surface area is 167 Å². The van der Waals surface area contributed by atoms with Gasteiger partial charge in [0, 0.05) is 6.54 Å². The standard InChI is InChI=1S/C22H20N2O3S/c1-16-19(23-22(27-16)20-10-6-12-28-20)13-21(25)24(15-18-9-5-11-26-18)14-17-7-3-2-4-8-17/h2-12H,13-15H2,1H3. The van der Waals surface area contributed by atoms with Gasteiger partial charge in [0.2, 0.25) is 11.8 Å². The molecule has 0 atom stereocenters. The van der Waals surface area contributed by atoms with Crippen molar-refractivity contribution in [1.82, 2.24) is 9.88 Å². The van der Waals surface area contributed by atoms with E-state index in [2.05, 4.69) is 4.98 Å². The monoisotopic (exact) mass is 392 g/mol. The van der Waals surface area contributed by atoms with Gasteiger partial charge in [-0.2, -0.15) is 0 Å². The molecule has 28 heavy (non-hydrogen) atoms. The first-order valence-electron chi connectivity index (χ1n) is 9.03. The van der Waals surface area contributed by atoms with E-state index in [-0.39, 0.29) is 12.3 Å². The number of furan rings is 1. The highest BCUT2D eigenvalue weighted by Gasteiger charge is 2.21. The van der Waals surface area contributed by atoms with E-state index in [0.717, 1.165) is 16.2 Å². The zero-order valence-corrected chi connectivity index (χ0v) is 16.3. The highest BCUT2D eigenvalue weighted by Crippen LogP contribution is 2.26. The van der Waals surface area contributed by atoms with Crippen LogP contribution in [0.5, 0.6) is 0 Å². The Hall–Kier alpha value is -3.12. The van der Waals surface area contributed by atoms with Gasteiger partial charge in [0.25, 0.3) is 0 Å². The summed E-state index contributed by atoms with van der Waals surface area (Å²) in [5.74, 6) is 1.97. The fourth-order valence-corrected chi connectivity index (χ4v) is 3.63. The molecule has 1 aromatic carbocycles. The summed E-state index contributed by atoms with van der Waals surface area (Å²) in [6.07, 6.45) is 1.81. The molecule has 0 unspecified atom stereocenters. The number of oxazole rings is 1. The van der Waals surface area contributed by atoms with Crippen LogP contribution in [0.25, 0.3) is 10.8 Å². The van der Waals surface area contributed by atoms with Gasteiger partial charge in [-0.05, 0) is 36.1 Å². The summed E-state index contributed by atoms with van der Waals surface area (Å²) in [4.78, 5) is 20.4. The number of rotatable bonds is 7. The van der Waals surface area contributed by atoms with E-state index in [4.69, 9.17) is 8.83 Å². The highest BCUT2D eigenvalue weighted by molar-refractivity contribution is 7.13. The number of thiophene rings is 1. The van der Waals surface area contributed by atoms with Gasteiger partial charge in [-0.15, -0.1) is 11.3 Å². The van der Waals surface area contributed by atoms with Gasteiger partial charge in [-0.25, -0.2) is 4.98 Å². The molecule has 4 rings (SSSR count). The number of nitrogens with zero attached hydrogens (tertiary/aromatic N) is 2. The summed E-state index contributed by atoms with van der Waals surface area (Å²) in [6, 6.07) is 17.6. The predicted molar refractivity (Wildman–Crippen MR) is 108 cm³/mol. The second kappa shape index (κ2) is 8.27. The number of aromatic nitrogens is 1. The van der Waals surface area contributed by atoms with Crippen molar-refractivity contribution in [2.24, 2.45) is 0 Å². The van der Waals surface area contributed by atoms with Gasteiger partial charge in [0.05, 0.1) is 29.8 Å². The number of carbonyl (C=O) groups is 1. The molecule has 0 radical (unpaired) electrons. The van der Waals surface area contributed by atoms with E-state index in [0.29, 0.717) is 30.4 Å². The van der Waals surface area contributed by atoms with Gasteiger partial charge >= 0.3 is 0 Å². The topological polar surface area (TPSA) is 59.5 Å². The molecular formula is C22H20N2O3S. The summed E-state index contributed by atoms with van der Waals surface area (Å²) < 4.78 is 11.2. The van der Waals surface area contributed by atoms with E-state index in [1.165, 1.54) is 0 Å². The molecule has 142 valence electrons. The fraction of sp³-hybridized carbons (Fsp3) is 0.182. The maximum Gasteiger partial charge on any atom is 0.236 e. The quantitative estimate of drug-likeness (QED) is 0.440.